The molecule has 0 bridgehead atoms. The van der Waals surface area contributed by atoms with Crippen LogP contribution in [0.4, 0.5) is 0 Å². The van der Waals surface area contributed by atoms with Crippen molar-refractivity contribution in [1.82, 2.24) is 0 Å². The van der Waals surface area contributed by atoms with Crippen molar-refractivity contribution >= 4 is 0 Å². The van der Waals surface area contributed by atoms with Gasteiger partial charge in [0.1, 0.15) is 0 Å². The monoisotopic (exact) mass is 152 g/mol. The van der Waals surface area contributed by atoms with E-state index < -0.39 is 0 Å². The summed E-state index contributed by atoms with van der Waals surface area (Å²) >= 11 is 0. The first-order valence-corrected chi connectivity index (χ1v) is 4.65. The van der Waals surface area contributed by atoms with Crippen molar-refractivity contribution in [2.24, 2.45) is 17.3 Å². The van der Waals surface area contributed by atoms with Gasteiger partial charge in [-0.05, 0) is 30.6 Å². The van der Waals surface area contributed by atoms with Gasteiger partial charge in [-0.2, -0.15) is 0 Å². The highest BCUT2D eigenvalue weighted by atomic mass is 14.5. The van der Waals surface area contributed by atoms with Gasteiger partial charge in [-0.25, -0.2) is 0 Å². The fourth-order valence-corrected chi connectivity index (χ4v) is 2.55. The Morgan fingerprint density at radius 1 is 1.55 bits per heavy atom. The van der Waals surface area contributed by atoms with Crippen molar-refractivity contribution in [3.8, 4) is 0 Å². The molecular formula is C11H20. The van der Waals surface area contributed by atoms with Gasteiger partial charge in [0.25, 0.3) is 0 Å². The zero-order valence-electron chi connectivity index (χ0n) is 8.28. The molecule has 0 aliphatic heterocycles. The van der Waals surface area contributed by atoms with Crippen LogP contribution in [-0.4, -0.2) is 0 Å². The Balaban J connectivity index is 2.61. The first kappa shape index (κ1) is 8.83. The van der Waals surface area contributed by atoms with Gasteiger partial charge in [-0.3, -0.25) is 0 Å². The van der Waals surface area contributed by atoms with E-state index in [1.54, 1.807) is 0 Å². The van der Waals surface area contributed by atoms with Crippen molar-refractivity contribution in [1.29, 1.82) is 0 Å². The molecule has 1 aliphatic rings. The highest BCUT2D eigenvalue weighted by Gasteiger charge is 2.46. The van der Waals surface area contributed by atoms with Crippen LogP contribution in [-0.2, 0) is 0 Å². The van der Waals surface area contributed by atoms with E-state index in [2.05, 4.69) is 34.3 Å². The minimum Gasteiger partial charge on any atom is -0.0998 e. The molecule has 1 rings (SSSR count). The van der Waals surface area contributed by atoms with E-state index in [-0.39, 0.29) is 0 Å². The molecule has 11 heavy (non-hydrogen) atoms. The lowest BCUT2D eigenvalue weighted by Crippen LogP contribution is -2.44. The maximum Gasteiger partial charge on any atom is -0.0152 e. The molecular weight excluding hydrogens is 132 g/mol. The van der Waals surface area contributed by atoms with Crippen LogP contribution in [0.1, 0.15) is 40.5 Å². The quantitative estimate of drug-likeness (QED) is 0.530. The van der Waals surface area contributed by atoms with E-state index in [0.717, 1.165) is 11.8 Å². The first-order chi connectivity index (χ1) is 5.00. The lowest BCUT2D eigenvalue weighted by Gasteiger charge is -2.53. The van der Waals surface area contributed by atoms with Crippen LogP contribution in [0.3, 0.4) is 0 Å². The van der Waals surface area contributed by atoms with Crippen LogP contribution in [0, 0.1) is 17.3 Å². The third-order valence-corrected chi connectivity index (χ3v) is 3.56. The summed E-state index contributed by atoms with van der Waals surface area (Å²) < 4.78 is 0. The predicted octanol–water partition coefficient (Wildman–Crippen LogP) is 3.63. The van der Waals surface area contributed by atoms with Crippen molar-refractivity contribution in [2.45, 2.75) is 40.5 Å². The third-order valence-electron chi connectivity index (χ3n) is 3.56. The van der Waals surface area contributed by atoms with Gasteiger partial charge < -0.3 is 0 Å². The molecule has 1 aliphatic carbocycles. The van der Waals surface area contributed by atoms with Gasteiger partial charge in [-0.15, -0.1) is 0 Å². The Hall–Kier alpha value is -0.260. The lowest BCUT2D eigenvalue weighted by atomic mass is 9.52. The minimum atomic E-state index is 0.528. The van der Waals surface area contributed by atoms with E-state index in [9.17, 15) is 0 Å². The van der Waals surface area contributed by atoms with E-state index in [1.165, 1.54) is 18.4 Å². The van der Waals surface area contributed by atoms with Crippen LogP contribution < -0.4 is 0 Å². The second kappa shape index (κ2) is 2.66. The van der Waals surface area contributed by atoms with Crippen LogP contribution in [0.5, 0.6) is 0 Å². The van der Waals surface area contributed by atoms with Crippen LogP contribution in [0.15, 0.2) is 12.2 Å². The molecule has 0 aromatic rings. The summed E-state index contributed by atoms with van der Waals surface area (Å²) in [4.78, 5) is 0. The smallest absolute Gasteiger partial charge is 0.0152 e. The zero-order valence-corrected chi connectivity index (χ0v) is 8.28. The Kier molecular flexibility index (Phi) is 2.13. The molecule has 0 aromatic carbocycles. The van der Waals surface area contributed by atoms with Gasteiger partial charge in [-0.1, -0.05) is 39.3 Å². The van der Waals surface area contributed by atoms with E-state index >= 15 is 0 Å². The highest BCUT2D eigenvalue weighted by molar-refractivity contribution is 5.11. The molecule has 2 atom stereocenters. The number of allylic oxidation sites excluding steroid dienone is 1. The van der Waals surface area contributed by atoms with Gasteiger partial charge >= 0.3 is 0 Å². The summed E-state index contributed by atoms with van der Waals surface area (Å²) in [6.45, 7) is 13.3. The standard InChI is InChI=1S/C11H20/c1-6-9-7-10(8(2)3)11(9,4)5/h9-10H,2,6-7H2,1,3-5H3. The highest BCUT2D eigenvalue weighted by Crippen LogP contribution is 2.55. The molecule has 0 spiro atoms. The Labute approximate surface area is 70.7 Å². The third kappa shape index (κ3) is 1.23. The van der Waals surface area contributed by atoms with Gasteiger partial charge in [0.05, 0.1) is 0 Å². The molecule has 0 aromatic heterocycles. The average molecular weight is 152 g/mol. The molecule has 0 radical (unpaired) electrons. The molecule has 2 unspecified atom stereocenters. The average Bonchev–Trinajstić information content (AvgIpc) is 1.85. The van der Waals surface area contributed by atoms with Crippen LogP contribution in [0.25, 0.3) is 0 Å². The van der Waals surface area contributed by atoms with E-state index in [1.807, 2.05) is 0 Å². The maximum absolute atomic E-state index is 4.04. The molecule has 0 saturated heterocycles. The molecule has 0 heterocycles. The summed E-state index contributed by atoms with van der Waals surface area (Å²) in [6.07, 6.45) is 2.70. The molecule has 0 N–H and O–H groups in total. The van der Waals surface area contributed by atoms with Gasteiger partial charge in [0.2, 0.25) is 0 Å². The van der Waals surface area contributed by atoms with Crippen molar-refractivity contribution in [2.75, 3.05) is 0 Å². The number of hydrogen-bond donors (Lipinski definition) is 0. The Morgan fingerprint density at radius 2 is 2.09 bits per heavy atom. The zero-order chi connectivity index (χ0) is 8.65. The number of rotatable bonds is 2. The second-order valence-electron chi connectivity index (χ2n) is 4.56. The summed E-state index contributed by atoms with van der Waals surface area (Å²) in [6, 6.07) is 0. The van der Waals surface area contributed by atoms with Crippen LogP contribution >= 0.6 is 0 Å². The summed E-state index contributed by atoms with van der Waals surface area (Å²) in [5.74, 6) is 1.72. The number of hydrogen-bond acceptors (Lipinski definition) is 0. The van der Waals surface area contributed by atoms with Crippen molar-refractivity contribution in [3.63, 3.8) is 0 Å². The van der Waals surface area contributed by atoms with Gasteiger partial charge in [0.15, 0.2) is 0 Å². The van der Waals surface area contributed by atoms with Crippen molar-refractivity contribution in [3.05, 3.63) is 12.2 Å². The first-order valence-electron chi connectivity index (χ1n) is 4.65. The van der Waals surface area contributed by atoms with E-state index in [4.69, 9.17) is 0 Å². The van der Waals surface area contributed by atoms with Crippen molar-refractivity contribution < 1.29 is 0 Å². The normalized spacial score (nSPS) is 34.5. The van der Waals surface area contributed by atoms with Gasteiger partial charge in [0, 0.05) is 0 Å². The molecule has 1 saturated carbocycles. The minimum absolute atomic E-state index is 0.528. The summed E-state index contributed by atoms with van der Waals surface area (Å²) in [5, 5.41) is 0. The molecule has 0 nitrogen and oxygen atoms in total. The second-order valence-corrected chi connectivity index (χ2v) is 4.56. The molecule has 0 heteroatoms. The fraction of sp³-hybridized carbons (Fsp3) is 0.818. The van der Waals surface area contributed by atoms with Crippen LogP contribution in [0.2, 0.25) is 0 Å². The Morgan fingerprint density at radius 3 is 2.36 bits per heavy atom. The predicted molar refractivity (Wildman–Crippen MR) is 50.5 cm³/mol. The van der Waals surface area contributed by atoms with E-state index in [0.29, 0.717) is 5.41 Å². The SMILES string of the molecule is C=C(C)C1CC(CC)C1(C)C. The maximum atomic E-state index is 4.04. The topological polar surface area (TPSA) is 0 Å². The summed E-state index contributed by atoms with van der Waals surface area (Å²) in [5.41, 5.74) is 1.90. The lowest BCUT2D eigenvalue weighted by molar-refractivity contribution is 0.00216. The molecule has 0 amide bonds. The Bertz CT molecular complexity index is 165. The fourth-order valence-electron chi connectivity index (χ4n) is 2.55. The molecule has 1 fully saturated rings. The molecule has 64 valence electrons. The largest absolute Gasteiger partial charge is 0.0998 e. The summed E-state index contributed by atoms with van der Waals surface area (Å²) in [7, 11) is 0.